The second-order valence-corrected chi connectivity index (χ2v) is 7.05. The Hall–Kier alpha value is -2.18. The minimum absolute atomic E-state index is 0.0477. The lowest BCUT2D eigenvalue weighted by Gasteiger charge is -2.41. The maximum Gasteiger partial charge on any atom is 0.245 e. The van der Waals surface area contributed by atoms with Crippen LogP contribution in [-0.4, -0.2) is 60.8 Å². The molecule has 0 saturated carbocycles. The van der Waals surface area contributed by atoms with E-state index in [2.05, 4.69) is 11.9 Å². The van der Waals surface area contributed by atoms with Crippen LogP contribution in [0.5, 0.6) is 0 Å². The summed E-state index contributed by atoms with van der Waals surface area (Å²) in [5.41, 5.74) is 0.301. The maximum atomic E-state index is 13.2. The van der Waals surface area contributed by atoms with Crippen LogP contribution in [0.4, 0.5) is 0 Å². The molecule has 2 amide bonds. The molecule has 2 saturated heterocycles. The van der Waals surface area contributed by atoms with Crippen LogP contribution in [0.15, 0.2) is 43.0 Å². The van der Waals surface area contributed by atoms with Crippen LogP contribution in [-0.2, 0) is 19.7 Å². The summed E-state index contributed by atoms with van der Waals surface area (Å²) in [6.45, 7) is 5.75. The van der Waals surface area contributed by atoms with Crippen LogP contribution < -0.4 is 5.32 Å². The summed E-state index contributed by atoms with van der Waals surface area (Å²) in [5.74, 6) is -0.221. The van der Waals surface area contributed by atoms with Gasteiger partial charge in [-0.3, -0.25) is 9.59 Å². The number of piperidine rings is 1. The molecule has 26 heavy (non-hydrogen) atoms. The summed E-state index contributed by atoms with van der Waals surface area (Å²) in [4.78, 5) is 26.8. The van der Waals surface area contributed by atoms with Crippen molar-refractivity contribution in [3.63, 3.8) is 0 Å². The highest BCUT2D eigenvalue weighted by Crippen LogP contribution is 2.36. The van der Waals surface area contributed by atoms with Gasteiger partial charge in [0.2, 0.25) is 11.8 Å². The molecule has 6 nitrogen and oxygen atoms in total. The van der Waals surface area contributed by atoms with E-state index in [1.165, 1.54) is 6.08 Å². The smallest absolute Gasteiger partial charge is 0.245 e. The topological polar surface area (TPSA) is 78.9 Å². The molecular weight excluding hydrogens is 332 g/mol. The molecule has 2 fully saturated rings. The minimum Gasteiger partial charge on any atom is -0.390 e. The van der Waals surface area contributed by atoms with Gasteiger partial charge in [0.25, 0.3) is 0 Å². The highest BCUT2D eigenvalue weighted by molar-refractivity contribution is 5.90. The number of nitrogens with zero attached hydrogens (tertiary/aromatic N) is 1. The number of ether oxygens (including phenoxy) is 1. The molecule has 0 radical (unpaired) electrons. The van der Waals surface area contributed by atoms with E-state index < -0.39 is 11.5 Å². The number of nitrogens with one attached hydrogen (secondary N) is 1. The first-order valence-corrected chi connectivity index (χ1v) is 9.08. The molecule has 0 bridgehead atoms. The molecule has 1 aromatic rings. The predicted octanol–water partition coefficient (Wildman–Crippen LogP) is 0.856. The Balaban J connectivity index is 1.75. The Labute approximate surface area is 153 Å². The molecule has 0 aromatic heterocycles. The zero-order chi connectivity index (χ0) is 18.6. The Morgan fingerprint density at radius 2 is 1.96 bits per heavy atom. The first-order valence-electron chi connectivity index (χ1n) is 9.08. The van der Waals surface area contributed by atoms with Crippen LogP contribution in [0, 0.1) is 5.92 Å². The van der Waals surface area contributed by atoms with Crippen LogP contribution in [0.3, 0.4) is 0 Å². The normalized spacial score (nSPS) is 24.9. The first kappa shape index (κ1) is 18.6. The zero-order valence-corrected chi connectivity index (χ0v) is 14.9. The van der Waals surface area contributed by atoms with Crippen molar-refractivity contribution in [1.82, 2.24) is 10.2 Å². The SMILES string of the molecule is C=CC(=O)N1CCC(C(=O)NC[C@H]2COC[C@H]2O)(c2ccccc2)CC1. The summed E-state index contributed by atoms with van der Waals surface area (Å²) >= 11 is 0. The molecule has 6 heteroatoms. The lowest BCUT2D eigenvalue weighted by Crippen LogP contribution is -2.53. The van der Waals surface area contributed by atoms with Gasteiger partial charge in [0.05, 0.1) is 24.7 Å². The molecule has 2 N–H and O–H groups in total. The number of hydrogen-bond donors (Lipinski definition) is 2. The largest absolute Gasteiger partial charge is 0.390 e. The molecular formula is C20H26N2O4. The average Bonchev–Trinajstić information content (AvgIpc) is 3.11. The van der Waals surface area contributed by atoms with Gasteiger partial charge < -0.3 is 20.1 Å². The second-order valence-electron chi connectivity index (χ2n) is 7.05. The number of carbonyl (C=O) groups excluding carboxylic acids is 2. The lowest BCUT2D eigenvalue weighted by atomic mass is 9.72. The Bertz CT molecular complexity index is 653. The van der Waals surface area contributed by atoms with E-state index in [-0.39, 0.29) is 17.7 Å². The van der Waals surface area contributed by atoms with Crippen molar-refractivity contribution in [2.45, 2.75) is 24.4 Å². The van der Waals surface area contributed by atoms with Gasteiger partial charge in [-0.15, -0.1) is 0 Å². The molecule has 0 unspecified atom stereocenters. The van der Waals surface area contributed by atoms with Gasteiger partial charge in [-0.1, -0.05) is 36.9 Å². The van der Waals surface area contributed by atoms with Gasteiger partial charge in [0.1, 0.15) is 0 Å². The standard InChI is InChI=1S/C20H26N2O4/c1-2-18(24)22-10-8-20(9-11-22,16-6-4-3-5-7-16)19(25)21-12-15-13-26-14-17(15)23/h2-7,15,17,23H,1,8-14H2,(H,21,25)/t15-,17+/m0/s1. The van der Waals surface area contributed by atoms with Crippen LogP contribution in [0.2, 0.25) is 0 Å². The van der Waals surface area contributed by atoms with Crippen molar-refractivity contribution in [3.05, 3.63) is 48.6 Å². The van der Waals surface area contributed by atoms with Crippen LogP contribution in [0.25, 0.3) is 0 Å². The van der Waals surface area contributed by atoms with E-state index in [1.54, 1.807) is 4.90 Å². The van der Waals surface area contributed by atoms with Crippen molar-refractivity contribution in [2.75, 3.05) is 32.8 Å². The summed E-state index contributed by atoms with van der Waals surface area (Å²) in [6, 6.07) is 9.73. The van der Waals surface area contributed by atoms with E-state index in [0.29, 0.717) is 45.7 Å². The number of aliphatic hydroxyl groups excluding tert-OH is 1. The molecule has 2 aliphatic heterocycles. The summed E-state index contributed by atoms with van der Waals surface area (Å²) in [7, 11) is 0. The molecule has 1 aromatic carbocycles. The number of benzene rings is 1. The molecule has 140 valence electrons. The van der Waals surface area contributed by atoms with E-state index in [0.717, 1.165) is 5.56 Å². The highest BCUT2D eigenvalue weighted by Gasteiger charge is 2.43. The third-order valence-corrected chi connectivity index (χ3v) is 5.55. The fourth-order valence-corrected chi connectivity index (χ4v) is 3.82. The first-order chi connectivity index (χ1) is 12.6. The van der Waals surface area contributed by atoms with Crippen molar-refractivity contribution < 1.29 is 19.4 Å². The number of amides is 2. The van der Waals surface area contributed by atoms with Crippen molar-refractivity contribution in [1.29, 1.82) is 0 Å². The number of likely N-dealkylation sites (tertiary alicyclic amines) is 1. The average molecular weight is 358 g/mol. The van der Waals surface area contributed by atoms with Gasteiger partial charge >= 0.3 is 0 Å². The van der Waals surface area contributed by atoms with Gasteiger partial charge in [0.15, 0.2) is 0 Å². The lowest BCUT2D eigenvalue weighted by molar-refractivity contribution is -0.134. The second kappa shape index (κ2) is 8.01. The van der Waals surface area contributed by atoms with Crippen molar-refractivity contribution >= 4 is 11.8 Å². The van der Waals surface area contributed by atoms with Gasteiger partial charge in [-0.05, 0) is 24.5 Å². The summed E-state index contributed by atoms with van der Waals surface area (Å²) < 4.78 is 5.25. The van der Waals surface area contributed by atoms with Gasteiger partial charge in [0, 0.05) is 25.6 Å². The van der Waals surface area contributed by atoms with Gasteiger partial charge in [-0.25, -0.2) is 0 Å². The molecule has 2 heterocycles. The van der Waals surface area contributed by atoms with Gasteiger partial charge in [-0.2, -0.15) is 0 Å². The molecule has 0 spiro atoms. The van der Waals surface area contributed by atoms with E-state index in [4.69, 9.17) is 4.74 Å². The van der Waals surface area contributed by atoms with E-state index >= 15 is 0 Å². The summed E-state index contributed by atoms with van der Waals surface area (Å²) in [5, 5.41) is 12.9. The van der Waals surface area contributed by atoms with Crippen LogP contribution in [0.1, 0.15) is 18.4 Å². The Kier molecular flexibility index (Phi) is 5.74. The van der Waals surface area contributed by atoms with Crippen molar-refractivity contribution in [3.8, 4) is 0 Å². The quantitative estimate of drug-likeness (QED) is 0.765. The van der Waals surface area contributed by atoms with E-state index in [9.17, 15) is 14.7 Å². The number of rotatable bonds is 5. The Morgan fingerprint density at radius 3 is 2.54 bits per heavy atom. The predicted molar refractivity (Wildman–Crippen MR) is 97.5 cm³/mol. The fraction of sp³-hybridized carbons (Fsp3) is 0.500. The maximum absolute atomic E-state index is 13.2. The molecule has 2 atom stereocenters. The number of aliphatic hydroxyl groups is 1. The van der Waals surface area contributed by atoms with E-state index in [1.807, 2.05) is 30.3 Å². The molecule has 3 rings (SSSR count). The zero-order valence-electron chi connectivity index (χ0n) is 14.9. The third kappa shape index (κ3) is 3.66. The highest BCUT2D eigenvalue weighted by atomic mass is 16.5. The Morgan fingerprint density at radius 1 is 1.27 bits per heavy atom. The number of hydrogen-bond acceptors (Lipinski definition) is 4. The van der Waals surface area contributed by atoms with Crippen LogP contribution >= 0.6 is 0 Å². The summed E-state index contributed by atoms with van der Waals surface area (Å²) in [6.07, 6.45) is 1.91. The monoisotopic (exact) mass is 358 g/mol. The molecule has 2 aliphatic rings. The molecule has 0 aliphatic carbocycles. The number of carbonyl (C=O) groups is 2. The third-order valence-electron chi connectivity index (χ3n) is 5.55. The van der Waals surface area contributed by atoms with Crippen molar-refractivity contribution in [2.24, 2.45) is 5.92 Å². The fourth-order valence-electron chi connectivity index (χ4n) is 3.82. The minimum atomic E-state index is -0.663.